The van der Waals surface area contributed by atoms with Crippen molar-refractivity contribution in [3.63, 3.8) is 0 Å². The molecule has 0 amide bonds. The summed E-state index contributed by atoms with van der Waals surface area (Å²) < 4.78 is 433. The lowest BCUT2D eigenvalue weighted by Gasteiger charge is -2.29. The monoisotopic (exact) mass is 1520 g/mol. The normalized spacial score (nSPS) is 13.8. The van der Waals surface area contributed by atoms with Crippen LogP contribution in [0.1, 0.15) is 46.0 Å². The van der Waals surface area contributed by atoms with Crippen molar-refractivity contribution in [3.05, 3.63) is 121 Å². The molecule has 524 valence electrons. The fourth-order valence-electron chi connectivity index (χ4n) is 5.35. The molecule has 25 nitrogen and oxygen atoms in total. The third-order valence-electron chi connectivity index (χ3n) is 10.5. The number of Topliss-reactive ketones (excluding diaryl/α,β-unsaturated/α-hetero) is 3. The fourth-order valence-corrected chi connectivity index (χ4v) is 11.0. The Morgan fingerprint density at radius 3 is 1.00 bits per heavy atom. The average Bonchev–Trinajstić information content (AvgIpc) is 0.739. The minimum atomic E-state index is -7.20. The molecule has 50 heteroatoms. The number of rotatable bonds is 30. The molecule has 0 aromatic heterocycles. The van der Waals surface area contributed by atoms with Crippen LogP contribution in [0, 0.1) is 6.92 Å². The van der Waals surface area contributed by atoms with Crippen LogP contribution in [0.15, 0.2) is 109 Å². The summed E-state index contributed by atoms with van der Waals surface area (Å²) in [6.07, 6.45) is 0.347. The van der Waals surface area contributed by atoms with Gasteiger partial charge in [0.1, 0.15) is 23.0 Å². The van der Waals surface area contributed by atoms with Gasteiger partial charge >= 0.3 is 110 Å². The van der Waals surface area contributed by atoms with Crippen molar-refractivity contribution in [2.45, 2.75) is 80.9 Å². The molecule has 0 atom stereocenters. The lowest BCUT2D eigenvalue weighted by molar-refractivity contribution is -0.247. The maximum atomic E-state index is 13.8. The summed E-state index contributed by atoms with van der Waals surface area (Å²) in [5, 5.41) is -41.3. The molecule has 3 aromatic carbocycles. The van der Waals surface area contributed by atoms with E-state index in [-0.39, 0.29) is 16.7 Å². The zero-order chi connectivity index (χ0) is 73.9. The van der Waals surface area contributed by atoms with Crippen molar-refractivity contribution in [2.24, 2.45) is 0 Å². The molecule has 0 heterocycles. The van der Waals surface area contributed by atoms with Crippen LogP contribution < -0.4 is 12.5 Å². The number of halogens is 18. The van der Waals surface area contributed by atoms with Crippen LogP contribution in [0.25, 0.3) is 0 Å². The van der Waals surface area contributed by atoms with Crippen molar-refractivity contribution in [2.75, 3.05) is 5.75 Å². The predicted molar refractivity (Wildman–Crippen MR) is 272 cm³/mol. The maximum Gasteiger partial charge on any atom is 0.450 e. The number of carbonyl (C=O) groups excluding carboxylic acids is 5. The second-order valence-electron chi connectivity index (χ2n) is 17.3. The first-order chi connectivity index (χ1) is 41.1. The van der Waals surface area contributed by atoms with Gasteiger partial charge in [-0.1, -0.05) is 19.7 Å². The summed E-state index contributed by atoms with van der Waals surface area (Å²) in [5.74, 6) is -30.0. The third-order valence-corrected chi connectivity index (χ3v) is 18.7. The van der Waals surface area contributed by atoms with Gasteiger partial charge in [0, 0.05) is 11.1 Å². The summed E-state index contributed by atoms with van der Waals surface area (Å²) in [6, 6.07) is 6.36. The van der Waals surface area contributed by atoms with Gasteiger partial charge < -0.3 is 12.5 Å². The van der Waals surface area contributed by atoms with Gasteiger partial charge in [-0.05, 0) is 104 Å². The maximum absolute atomic E-state index is 13.8. The number of ketones is 5. The van der Waals surface area contributed by atoms with Gasteiger partial charge in [0.15, 0.2) is 38.8 Å². The van der Waals surface area contributed by atoms with E-state index in [9.17, 15) is 162 Å². The van der Waals surface area contributed by atoms with E-state index in [0.717, 1.165) is 43.3 Å². The van der Waals surface area contributed by atoms with Crippen molar-refractivity contribution >= 4 is 99.5 Å². The number of aryl methyl sites for hydroxylation is 1. The Hall–Kier alpha value is -7.10. The molecule has 0 aliphatic heterocycles. The van der Waals surface area contributed by atoms with Gasteiger partial charge in [0.05, 0.1) is 17.7 Å². The molecule has 0 saturated carbocycles. The molecule has 93 heavy (non-hydrogen) atoms. The van der Waals surface area contributed by atoms with Crippen LogP contribution in [-0.4, -0.2) is 157 Å². The molecule has 0 fully saturated rings. The first kappa shape index (κ1) is 83.9. The minimum Gasteiger partial charge on any atom is -0.378 e. The first-order valence-electron chi connectivity index (χ1n) is 22.3. The Kier molecular flexibility index (Phi) is 25.0. The quantitative estimate of drug-likeness (QED) is 0.0148. The smallest absolute Gasteiger partial charge is 0.378 e. The van der Waals surface area contributed by atoms with E-state index in [1.807, 2.05) is 0 Å². The zero-order valence-electron chi connectivity index (χ0n) is 44.7. The van der Waals surface area contributed by atoms with Crippen LogP contribution in [0.2, 0.25) is 0 Å². The topological polar surface area (TPSA) is 413 Å². The summed E-state index contributed by atoms with van der Waals surface area (Å²) in [7, 11) is -46.8. The van der Waals surface area contributed by atoms with Crippen LogP contribution in [0.4, 0.5) is 79.0 Å². The van der Waals surface area contributed by atoms with E-state index in [4.69, 9.17) is 13.7 Å². The Morgan fingerprint density at radius 2 is 0.720 bits per heavy atom. The van der Waals surface area contributed by atoms with E-state index in [0.29, 0.717) is 42.5 Å². The first-order valence-corrected chi connectivity index (χ1v) is 32.5. The zero-order valence-corrected chi connectivity index (χ0v) is 50.4. The second kappa shape index (κ2) is 27.7. The Labute approximate surface area is 510 Å². The van der Waals surface area contributed by atoms with E-state index >= 15 is 0 Å². The summed E-state index contributed by atoms with van der Waals surface area (Å²) in [5.41, 5.74) is -1.05. The van der Waals surface area contributed by atoms with Crippen LogP contribution in [-0.2, 0) is 84.9 Å². The molecule has 0 unspecified atom stereocenters. The highest BCUT2D eigenvalue weighted by Crippen LogP contribution is 2.54. The summed E-state index contributed by atoms with van der Waals surface area (Å²) in [6.45, 7) is 11.6. The van der Waals surface area contributed by atoms with Gasteiger partial charge in [0.25, 0.3) is 0 Å². The lowest BCUT2D eigenvalue weighted by atomic mass is 10.0. The van der Waals surface area contributed by atoms with Crippen LogP contribution in [0.3, 0.4) is 0 Å². The number of carbonyl (C=O) groups is 5. The number of sulfone groups is 1. The molecular formula is C43H34F18O25S7. The Morgan fingerprint density at radius 1 is 0.441 bits per heavy atom. The van der Waals surface area contributed by atoms with Crippen molar-refractivity contribution in [3.8, 4) is 17.2 Å². The van der Waals surface area contributed by atoms with E-state index in [1.54, 1.807) is 0 Å². The molecule has 3 rings (SSSR count). The molecule has 0 spiro atoms. The summed E-state index contributed by atoms with van der Waals surface area (Å²) in [4.78, 5) is 56.6. The number of hydrogen-bond donors (Lipinski definition) is 3. The van der Waals surface area contributed by atoms with E-state index < -0.39 is 195 Å². The van der Waals surface area contributed by atoms with Crippen LogP contribution >= 0.6 is 0 Å². The van der Waals surface area contributed by atoms with Crippen LogP contribution in [0.5, 0.6) is 17.2 Å². The fraction of sp³-hybridized carbons (Fsp3) is 0.326. The minimum absolute atomic E-state index is 0.121. The third kappa shape index (κ3) is 17.3. The molecule has 0 aliphatic rings. The number of alkyl halides is 18. The molecule has 0 aliphatic carbocycles. The molecule has 3 aromatic rings. The van der Waals surface area contributed by atoms with E-state index in [1.165, 1.54) is 6.92 Å². The molecule has 3 N–H and O–H groups in total. The molecule has 0 radical (unpaired) electrons. The van der Waals surface area contributed by atoms with Crippen molar-refractivity contribution in [1.29, 1.82) is 0 Å². The number of allylic oxidation sites excluding steroid dienone is 3. The molecule has 0 bridgehead atoms. The van der Waals surface area contributed by atoms with E-state index in [2.05, 4.69) is 32.3 Å². The highest BCUT2D eigenvalue weighted by atomic mass is 32.2. The molecule has 0 saturated heterocycles. The lowest BCUT2D eigenvalue weighted by Crippen LogP contribution is -2.61. The highest BCUT2D eigenvalue weighted by molar-refractivity contribution is 7.92. The number of hydrogen-bond acceptors (Lipinski definition) is 22. The van der Waals surface area contributed by atoms with Crippen molar-refractivity contribution in [1.82, 2.24) is 0 Å². The van der Waals surface area contributed by atoms with Gasteiger partial charge in [0.2, 0.25) is 0 Å². The highest BCUT2D eigenvalue weighted by Gasteiger charge is 2.85. The van der Waals surface area contributed by atoms with Crippen molar-refractivity contribution < 1.29 is 188 Å². The van der Waals surface area contributed by atoms with Gasteiger partial charge in [-0.3, -0.25) is 37.6 Å². The Bertz CT molecular complexity index is 4290. The standard InChI is InChI=1S/C15H12F6O8S2.C14H12F6O9S3.C14H10F6O8S2/c1-3-10(22)7-11(23)9-4-5-12(8(2)6-9)29-31(27,28)15(20,21)13(16,17)14(18,19)30(24,25)26;1-8(2)11(21)7-30(22,23)10-5-3-9(4-6-10)29-32(27,28)14(19,20)12(15,16)13(17,18)31(24,25)26;1-2-9(21)7-11(22)8-3-5-10(6-4-8)28-30(26,27)14(19,20)12(15,16)13(17,18)29(23,24)25/h3-6H,1,7H2,2H3,(H,24,25,26);3-6H,1,7H2,2H3,(H,24,25,26);2-6H,1,7H2,(H,23,24,25). The Balaban J connectivity index is 0.000000698. The number of benzene rings is 3. The second-order valence-corrected chi connectivity index (χ2v) is 28.5. The van der Waals surface area contributed by atoms with Gasteiger partial charge in [-0.15, -0.1) is 0 Å². The average molecular weight is 1520 g/mol. The van der Waals surface area contributed by atoms with Gasteiger partial charge in [-0.25, -0.2) is 8.42 Å². The molecular weight excluding hydrogens is 1480 g/mol. The SMILES string of the molecule is C=C(C)C(=O)CS(=O)(=O)c1ccc(OS(=O)(=O)C(F)(F)C(F)(F)C(F)(F)S(=O)(=O)O)cc1.C=CC(=O)CC(=O)c1ccc(OS(=O)(=O)C(F)(F)C(F)(F)C(F)(F)S(=O)(=O)O)c(C)c1.C=CC(=O)CC(=O)c1ccc(OS(=O)(=O)C(F)(F)C(F)(F)C(F)(F)S(=O)(=O)O)cc1. The largest absolute Gasteiger partial charge is 0.450 e. The van der Waals surface area contributed by atoms with Gasteiger partial charge in [-0.2, -0.15) is 130 Å². The predicted octanol–water partition coefficient (Wildman–Crippen LogP) is 7.19. The summed E-state index contributed by atoms with van der Waals surface area (Å²) >= 11 is 0.